The predicted molar refractivity (Wildman–Crippen MR) is 157 cm³/mol. The van der Waals surface area contributed by atoms with Crippen LogP contribution in [0.5, 0.6) is 5.88 Å². The van der Waals surface area contributed by atoms with Crippen molar-refractivity contribution in [3.8, 4) is 11.9 Å². The number of nitriles is 1. The fourth-order valence-corrected chi connectivity index (χ4v) is 5.89. The number of carbonyl (C=O) groups is 1. The molecular formula is C33H34FN5O4. The van der Waals surface area contributed by atoms with E-state index in [9.17, 15) is 14.3 Å². The number of pyridine rings is 1. The van der Waals surface area contributed by atoms with Crippen LogP contribution in [0.4, 0.5) is 4.39 Å². The Kier molecular flexibility index (Phi) is 8.36. The van der Waals surface area contributed by atoms with E-state index in [1.807, 2.05) is 18.2 Å². The van der Waals surface area contributed by atoms with Crippen LogP contribution in [-0.4, -0.2) is 57.3 Å². The molecule has 1 aliphatic carbocycles. The second kappa shape index (κ2) is 12.5. The Bertz CT molecular complexity index is 1680. The zero-order chi connectivity index (χ0) is 29.9. The third kappa shape index (κ3) is 6.38. The molecule has 3 heterocycles. The van der Waals surface area contributed by atoms with Gasteiger partial charge >= 0.3 is 5.97 Å². The molecule has 4 aromatic rings. The van der Waals surface area contributed by atoms with E-state index >= 15 is 0 Å². The first-order chi connectivity index (χ1) is 20.9. The number of carboxylic acid groups (broad SMARTS) is 1. The zero-order valence-electron chi connectivity index (χ0n) is 24.1. The van der Waals surface area contributed by atoms with Crippen LogP contribution in [0.1, 0.15) is 76.1 Å². The largest absolute Gasteiger partial charge is 0.478 e. The van der Waals surface area contributed by atoms with Crippen molar-refractivity contribution in [2.45, 2.75) is 57.2 Å². The number of rotatable bonds is 11. The minimum Gasteiger partial charge on any atom is -0.478 e. The van der Waals surface area contributed by atoms with E-state index in [4.69, 9.17) is 24.7 Å². The van der Waals surface area contributed by atoms with Gasteiger partial charge in [0.25, 0.3) is 0 Å². The molecule has 1 saturated carbocycles. The maximum atomic E-state index is 14.3. The van der Waals surface area contributed by atoms with Crippen molar-refractivity contribution in [2.24, 2.45) is 0 Å². The molecule has 0 atom stereocenters. The first-order valence-corrected chi connectivity index (χ1v) is 14.7. The lowest BCUT2D eigenvalue weighted by molar-refractivity contribution is 0.0697. The average molecular weight is 584 g/mol. The lowest BCUT2D eigenvalue weighted by atomic mass is 9.93. The van der Waals surface area contributed by atoms with Gasteiger partial charge in [0.2, 0.25) is 5.88 Å². The van der Waals surface area contributed by atoms with Gasteiger partial charge in [-0.3, -0.25) is 4.90 Å². The smallest absolute Gasteiger partial charge is 0.335 e. The molecule has 1 saturated heterocycles. The van der Waals surface area contributed by atoms with Crippen LogP contribution >= 0.6 is 0 Å². The molecular weight excluding hydrogens is 549 g/mol. The Morgan fingerprint density at radius 1 is 1.09 bits per heavy atom. The Labute approximate surface area is 249 Å². The average Bonchev–Trinajstić information content (AvgIpc) is 3.81. The van der Waals surface area contributed by atoms with Crippen LogP contribution in [0.15, 0.2) is 48.5 Å². The molecule has 0 radical (unpaired) electrons. The maximum Gasteiger partial charge on any atom is 0.335 e. The number of aromatic nitrogens is 3. The highest BCUT2D eigenvalue weighted by Crippen LogP contribution is 2.43. The van der Waals surface area contributed by atoms with E-state index in [0.717, 1.165) is 66.9 Å². The van der Waals surface area contributed by atoms with E-state index in [0.29, 0.717) is 42.6 Å². The maximum absolute atomic E-state index is 14.3. The quantitative estimate of drug-likeness (QED) is 0.242. The Morgan fingerprint density at radius 3 is 2.60 bits per heavy atom. The van der Waals surface area contributed by atoms with Crippen LogP contribution < -0.4 is 4.74 Å². The summed E-state index contributed by atoms with van der Waals surface area (Å²) in [5.41, 5.74) is 4.73. The highest BCUT2D eigenvalue weighted by Gasteiger charge is 2.30. The lowest BCUT2D eigenvalue weighted by Gasteiger charge is -2.31. The normalized spacial score (nSPS) is 15.9. The molecule has 10 heteroatoms. The van der Waals surface area contributed by atoms with Gasteiger partial charge in [0, 0.05) is 36.9 Å². The molecule has 1 aliphatic heterocycles. The summed E-state index contributed by atoms with van der Waals surface area (Å²) >= 11 is 0. The second-order valence-electron chi connectivity index (χ2n) is 11.3. The lowest BCUT2D eigenvalue weighted by Crippen LogP contribution is -2.33. The van der Waals surface area contributed by atoms with Crippen LogP contribution in [0.2, 0.25) is 0 Å². The summed E-state index contributed by atoms with van der Waals surface area (Å²) in [6.45, 7) is 3.57. The monoisotopic (exact) mass is 583 g/mol. The number of ether oxygens (including phenoxy) is 2. The third-order valence-electron chi connectivity index (χ3n) is 8.42. The fourth-order valence-electron chi connectivity index (χ4n) is 5.89. The summed E-state index contributed by atoms with van der Waals surface area (Å²) in [5, 5.41) is 18.7. The van der Waals surface area contributed by atoms with Crippen molar-refractivity contribution >= 4 is 17.0 Å². The van der Waals surface area contributed by atoms with Gasteiger partial charge in [-0.1, -0.05) is 12.1 Å². The molecule has 0 bridgehead atoms. The standard InChI is InChI=1S/C33H34FN5O4/c1-42-14-13-39-29-17-25(33(40)41)16-26(22-7-8-22)32(29)37-30(39)19-38-11-9-23(10-12-38)28-3-2-4-31(36-28)43-20-24-6-5-21(18-35)15-27(24)34/h2-6,15-17,22-23H,7-14,19-20H2,1H3,(H,40,41). The van der Waals surface area contributed by atoms with Crippen molar-refractivity contribution in [3.63, 3.8) is 0 Å². The molecule has 2 aromatic carbocycles. The number of fused-ring (bicyclic) bond motifs is 1. The van der Waals surface area contributed by atoms with Gasteiger partial charge in [-0.15, -0.1) is 0 Å². The molecule has 0 unspecified atom stereocenters. The number of piperidine rings is 1. The number of benzene rings is 2. The van der Waals surface area contributed by atoms with Gasteiger partial charge in [-0.2, -0.15) is 5.26 Å². The Hall–Kier alpha value is -4.33. The van der Waals surface area contributed by atoms with Gasteiger partial charge in [0.05, 0.1) is 41.4 Å². The number of hydrogen-bond acceptors (Lipinski definition) is 7. The number of carboxylic acids is 1. The Morgan fingerprint density at radius 2 is 1.91 bits per heavy atom. The van der Waals surface area contributed by atoms with Crippen LogP contribution in [0.25, 0.3) is 11.0 Å². The van der Waals surface area contributed by atoms with E-state index in [2.05, 4.69) is 9.47 Å². The number of halogens is 1. The molecule has 2 fully saturated rings. The summed E-state index contributed by atoms with van der Waals surface area (Å²) in [7, 11) is 1.67. The SMILES string of the molecule is COCCn1c(CN2CCC(c3cccc(OCc4ccc(C#N)cc4F)n3)CC2)nc2c(C3CC3)cc(C(=O)O)cc21. The fraction of sp³-hybridized carbons (Fsp3) is 0.394. The summed E-state index contributed by atoms with van der Waals surface area (Å²) < 4.78 is 27.6. The number of imidazole rings is 1. The van der Waals surface area contributed by atoms with Crippen molar-refractivity contribution < 1.29 is 23.8 Å². The number of hydrogen-bond donors (Lipinski definition) is 1. The molecule has 6 rings (SSSR count). The minimum absolute atomic E-state index is 0.0347. The van der Waals surface area contributed by atoms with Crippen molar-refractivity contribution in [2.75, 3.05) is 26.8 Å². The number of likely N-dealkylation sites (tertiary alicyclic amines) is 1. The highest BCUT2D eigenvalue weighted by atomic mass is 19.1. The molecule has 0 amide bonds. The summed E-state index contributed by atoms with van der Waals surface area (Å²) in [4.78, 5) is 24.1. The van der Waals surface area contributed by atoms with Crippen LogP contribution in [0.3, 0.4) is 0 Å². The van der Waals surface area contributed by atoms with Gasteiger partial charge in [0.1, 0.15) is 18.2 Å². The number of aromatic carboxylic acids is 1. The van der Waals surface area contributed by atoms with E-state index in [1.54, 1.807) is 37.4 Å². The van der Waals surface area contributed by atoms with Crippen LogP contribution in [0, 0.1) is 17.1 Å². The van der Waals surface area contributed by atoms with Crippen molar-refractivity contribution in [1.82, 2.24) is 19.4 Å². The predicted octanol–water partition coefficient (Wildman–Crippen LogP) is 5.62. The van der Waals surface area contributed by atoms with Gasteiger partial charge in [-0.05, 0) is 80.6 Å². The summed E-state index contributed by atoms with van der Waals surface area (Å²) in [6.07, 6.45) is 3.99. The molecule has 1 N–H and O–H groups in total. The zero-order valence-corrected chi connectivity index (χ0v) is 24.1. The number of methoxy groups -OCH3 is 1. The van der Waals surface area contributed by atoms with Crippen molar-refractivity contribution in [1.29, 1.82) is 5.26 Å². The second-order valence-corrected chi connectivity index (χ2v) is 11.3. The summed E-state index contributed by atoms with van der Waals surface area (Å²) in [5.74, 6) is 0.645. The number of nitrogens with zero attached hydrogens (tertiary/aromatic N) is 5. The minimum atomic E-state index is -0.920. The molecule has 9 nitrogen and oxygen atoms in total. The molecule has 2 aliphatic rings. The third-order valence-corrected chi connectivity index (χ3v) is 8.42. The first-order valence-electron chi connectivity index (χ1n) is 14.7. The first kappa shape index (κ1) is 28.8. The molecule has 0 spiro atoms. The summed E-state index contributed by atoms with van der Waals surface area (Å²) in [6, 6.07) is 15.5. The van der Waals surface area contributed by atoms with Crippen LogP contribution in [-0.2, 0) is 24.4 Å². The van der Waals surface area contributed by atoms with E-state index in [1.165, 1.54) is 6.07 Å². The highest BCUT2D eigenvalue weighted by molar-refractivity contribution is 5.94. The van der Waals surface area contributed by atoms with E-state index < -0.39 is 11.8 Å². The van der Waals surface area contributed by atoms with Gasteiger partial charge in [-0.25, -0.2) is 19.2 Å². The van der Waals surface area contributed by atoms with Gasteiger partial charge in [0.15, 0.2) is 0 Å². The van der Waals surface area contributed by atoms with Gasteiger partial charge < -0.3 is 19.1 Å². The Balaban J connectivity index is 1.13. The molecule has 43 heavy (non-hydrogen) atoms. The van der Waals surface area contributed by atoms with Crippen molar-refractivity contribution in [3.05, 3.63) is 88.1 Å². The molecule has 2 aromatic heterocycles. The topological polar surface area (TPSA) is 114 Å². The molecule has 222 valence electrons. The van der Waals surface area contributed by atoms with E-state index in [-0.39, 0.29) is 18.1 Å².